The normalized spacial score (nSPS) is 17.5. The van der Waals surface area contributed by atoms with E-state index in [9.17, 15) is 9.18 Å². The number of carboxylic acid groups (broad SMARTS) is 1. The lowest BCUT2D eigenvalue weighted by Gasteiger charge is -2.14. The average Bonchev–Trinajstić information content (AvgIpc) is 2.83. The molecule has 1 saturated carbocycles. The first-order valence-electron chi connectivity index (χ1n) is 4.71. The predicted molar refractivity (Wildman–Crippen MR) is 57.3 cm³/mol. The van der Waals surface area contributed by atoms with Crippen LogP contribution in [0.3, 0.4) is 0 Å². The molecule has 0 bridgehead atoms. The molecule has 1 aromatic carbocycles. The van der Waals surface area contributed by atoms with E-state index < -0.39 is 5.97 Å². The molecule has 1 aliphatic carbocycles. The van der Waals surface area contributed by atoms with E-state index in [1.165, 1.54) is 12.1 Å². The van der Waals surface area contributed by atoms with Gasteiger partial charge < -0.3 is 5.11 Å². The van der Waals surface area contributed by atoms with Gasteiger partial charge in [0, 0.05) is 9.89 Å². The molecule has 1 aromatic rings. The second kappa shape index (κ2) is 3.59. The second-order valence-electron chi connectivity index (χ2n) is 3.98. The Morgan fingerprint density at radius 1 is 1.53 bits per heavy atom. The number of halogens is 2. The molecule has 0 heterocycles. The molecule has 0 unspecified atom stereocenters. The summed E-state index contributed by atoms with van der Waals surface area (Å²) in [7, 11) is 0. The monoisotopic (exact) mass is 272 g/mol. The molecule has 0 aliphatic heterocycles. The summed E-state index contributed by atoms with van der Waals surface area (Å²) < 4.78 is 13.5. The van der Waals surface area contributed by atoms with Crippen LogP contribution in [0.4, 0.5) is 4.39 Å². The van der Waals surface area contributed by atoms with Crippen LogP contribution >= 0.6 is 15.9 Å². The predicted octanol–water partition coefficient (Wildman–Crippen LogP) is 3.09. The SMILES string of the molecule is O=C(O)CC1(c2ccc(F)cc2Br)CC1. The van der Waals surface area contributed by atoms with Crippen molar-refractivity contribution in [1.29, 1.82) is 0 Å². The summed E-state index contributed by atoms with van der Waals surface area (Å²) in [5.74, 6) is -1.11. The fourth-order valence-corrected chi connectivity index (χ4v) is 2.67. The quantitative estimate of drug-likeness (QED) is 0.918. The molecule has 0 spiro atoms. The van der Waals surface area contributed by atoms with Crippen LogP contribution in [-0.4, -0.2) is 11.1 Å². The van der Waals surface area contributed by atoms with Gasteiger partial charge in [0.15, 0.2) is 0 Å². The van der Waals surface area contributed by atoms with E-state index in [4.69, 9.17) is 5.11 Å². The summed E-state index contributed by atoms with van der Waals surface area (Å²) in [6.45, 7) is 0. The highest BCUT2D eigenvalue weighted by Gasteiger charge is 2.47. The van der Waals surface area contributed by atoms with E-state index >= 15 is 0 Å². The Morgan fingerprint density at radius 2 is 2.20 bits per heavy atom. The van der Waals surface area contributed by atoms with E-state index in [1.807, 2.05) is 0 Å². The number of hydrogen-bond donors (Lipinski definition) is 1. The highest BCUT2D eigenvalue weighted by Crippen LogP contribution is 2.53. The Kier molecular flexibility index (Phi) is 2.54. The summed E-state index contributed by atoms with van der Waals surface area (Å²) in [5, 5.41) is 8.81. The number of carboxylic acids is 1. The third-order valence-corrected chi connectivity index (χ3v) is 3.50. The van der Waals surface area contributed by atoms with E-state index in [-0.39, 0.29) is 17.7 Å². The van der Waals surface area contributed by atoms with Crippen LogP contribution in [0.15, 0.2) is 22.7 Å². The lowest BCUT2D eigenvalue weighted by molar-refractivity contribution is -0.137. The molecule has 0 radical (unpaired) electrons. The number of carbonyl (C=O) groups is 1. The molecule has 2 rings (SSSR count). The molecule has 1 N–H and O–H groups in total. The zero-order valence-electron chi connectivity index (χ0n) is 7.96. The minimum absolute atomic E-state index is 0.122. The molecular weight excluding hydrogens is 263 g/mol. The molecule has 0 saturated heterocycles. The van der Waals surface area contributed by atoms with Crippen molar-refractivity contribution in [3.05, 3.63) is 34.1 Å². The van der Waals surface area contributed by atoms with Crippen LogP contribution in [0, 0.1) is 5.82 Å². The average molecular weight is 273 g/mol. The van der Waals surface area contributed by atoms with Gasteiger partial charge >= 0.3 is 5.97 Å². The number of rotatable bonds is 3. The molecule has 0 atom stereocenters. The lowest BCUT2D eigenvalue weighted by Crippen LogP contribution is -2.13. The molecule has 4 heteroatoms. The van der Waals surface area contributed by atoms with Gasteiger partial charge in [0.05, 0.1) is 6.42 Å². The molecule has 2 nitrogen and oxygen atoms in total. The minimum atomic E-state index is -0.802. The summed E-state index contributed by atoms with van der Waals surface area (Å²) in [6, 6.07) is 4.44. The molecule has 0 aromatic heterocycles. The van der Waals surface area contributed by atoms with Gasteiger partial charge in [0.2, 0.25) is 0 Å². The third-order valence-electron chi connectivity index (χ3n) is 2.85. The zero-order chi connectivity index (χ0) is 11.1. The molecular formula is C11H10BrFO2. The topological polar surface area (TPSA) is 37.3 Å². The minimum Gasteiger partial charge on any atom is -0.481 e. The van der Waals surface area contributed by atoms with Crippen molar-refractivity contribution < 1.29 is 14.3 Å². The van der Waals surface area contributed by atoms with Crippen LogP contribution in [0.5, 0.6) is 0 Å². The van der Waals surface area contributed by atoms with Crippen molar-refractivity contribution in [1.82, 2.24) is 0 Å². The summed E-state index contributed by atoms with van der Waals surface area (Å²) >= 11 is 3.28. The van der Waals surface area contributed by atoms with Crippen molar-refractivity contribution >= 4 is 21.9 Å². The van der Waals surface area contributed by atoms with Gasteiger partial charge in [0.1, 0.15) is 5.82 Å². The van der Waals surface area contributed by atoms with E-state index in [0.29, 0.717) is 4.47 Å². The van der Waals surface area contributed by atoms with Crippen LogP contribution in [0.1, 0.15) is 24.8 Å². The fraction of sp³-hybridized carbons (Fsp3) is 0.364. The van der Waals surface area contributed by atoms with Gasteiger partial charge in [-0.3, -0.25) is 4.79 Å². The fourth-order valence-electron chi connectivity index (χ4n) is 1.90. The van der Waals surface area contributed by atoms with Crippen molar-refractivity contribution in [3.8, 4) is 0 Å². The highest BCUT2D eigenvalue weighted by atomic mass is 79.9. The molecule has 1 aliphatic rings. The lowest BCUT2D eigenvalue weighted by atomic mass is 9.92. The van der Waals surface area contributed by atoms with Crippen molar-refractivity contribution in [2.24, 2.45) is 0 Å². The molecule has 1 fully saturated rings. The highest BCUT2D eigenvalue weighted by molar-refractivity contribution is 9.10. The maximum atomic E-state index is 12.9. The van der Waals surface area contributed by atoms with Crippen molar-refractivity contribution in [3.63, 3.8) is 0 Å². The largest absolute Gasteiger partial charge is 0.481 e. The van der Waals surface area contributed by atoms with Gasteiger partial charge in [-0.2, -0.15) is 0 Å². The first kappa shape index (κ1) is 10.6. The smallest absolute Gasteiger partial charge is 0.304 e. The maximum Gasteiger partial charge on any atom is 0.304 e. The van der Waals surface area contributed by atoms with E-state index in [1.54, 1.807) is 6.07 Å². The van der Waals surface area contributed by atoms with Crippen molar-refractivity contribution in [2.75, 3.05) is 0 Å². The Balaban J connectivity index is 2.33. The zero-order valence-corrected chi connectivity index (χ0v) is 9.55. The number of benzene rings is 1. The summed E-state index contributed by atoms with van der Waals surface area (Å²) in [6.07, 6.45) is 1.85. The number of aliphatic carboxylic acids is 1. The molecule has 80 valence electrons. The number of hydrogen-bond acceptors (Lipinski definition) is 1. The van der Waals surface area contributed by atoms with Gasteiger partial charge in [-0.15, -0.1) is 0 Å². The maximum absolute atomic E-state index is 12.9. The van der Waals surface area contributed by atoms with Gasteiger partial charge in [-0.25, -0.2) is 4.39 Å². The Hall–Kier alpha value is -0.900. The first-order valence-corrected chi connectivity index (χ1v) is 5.50. The van der Waals surface area contributed by atoms with Crippen LogP contribution in [-0.2, 0) is 10.2 Å². The Morgan fingerprint density at radius 3 is 2.67 bits per heavy atom. The molecule has 15 heavy (non-hydrogen) atoms. The molecule has 0 amide bonds. The van der Waals surface area contributed by atoms with Crippen LogP contribution < -0.4 is 0 Å². The first-order chi connectivity index (χ1) is 7.03. The van der Waals surface area contributed by atoms with Gasteiger partial charge in [-0.1, -0.05) is 22.0 Å². The summed E-state index contributed by atoms with van der Waals surface area (Å²) in [5.41, 5.74) is 0.643. The Labute approximate surface area is 95.2 Å². The second-order valence-corrected chi connectivity index (χ2v) is 4.83. The van der Waals surface area contributed by atoms with E-state index in [0.717, 1.165) is 18.4 Å². The third kappa shape index (κ3) is 2.04. The van der Waals surface area contributed by atoms with Gasteiger partial charge in [-0.05, 0) is 30.5 Å². The standard InChI is InChI=1S/C11H10BrFO2/c12-9-5-7(13)1-2-8(9)11(3-4-11)6-10(14)15/h1-2,5H,3-4,6H2,(H,14,15). The summed E-state index contributed by atoms with van der Waals surface area (Å²) in [4.78, 5) is 10.7. The van der Waals surface area contributed by atoms with Crippen LogP contribution in [0.25, 0.3) is 0 Å². The van der Waals surface area contributed by atoms with Gasteiger partial charge in [0.25, 0.3) is 0 Å². The van der Waals surface area contributed by atoms with E-state index in [2.05, 4.69) is 15.9 Å². The van der Waals surface area contributed by atoms with Crippen molar-refractivity contribution in [2.45, 2.75) is 24.7 Å². The Bertz CT molecular complexity index is 413. The van der Waals surface area contributed by atoms with Crippen LogP contribution in [0.2, 0.25) is 0 Å².